The van der Waals surface area contributed by atoms with E-state index >= 15 is 0 Å². The number of hydrogen-bond acceptors (Lipinski definition) is 4. The van der Waals surface area contributed by atoms with E-state index in [1.807, 2.05) is 25.1 Å². The van der Waals surface area contributed by atoms with Gasteiger partial charge in [0.15, 0.2) is 0 Å². The van der Waals surface area contributed by atoms with Crippen molar-refractivity contribution in [3.8, 4) is 0 Å². The predicted octanol–water partition coefficient (Wildman–Crippen LogP) is 2.97. The molecule has 0 spiro atoms. The molecule has 0 amide bonds. The zero-order chi connectivity index (χ0) is 11.2. The van der Waals surface area contributed by atoms with E-state index in [0.717, 1.165) is 17.5 Å². The number of nitrogens with zero attached hydrogens (tertiary/aromatic N) is 2. The van der Waals surface area contributed by atoms with Crippen molar-refractivity contribution in [2.24, 2.45) is 0 Å². The first-order chi connectivity index (χ1) is 7.84. The van der Waals surface area contributed by atoms with Crippen LogP contribution < -0.4 is 5.32 Å². The SMILES string of the molecule is Cc1nsc(NC/C=C/c2ccccc2)n1. The number of hydrogen-bond donors (Lipinski definition) is 1. The average molecular weight is 231 g/mol. The van der Waals surface area contributed by atoms with Gasteiger partial charge >= 0.3 is 0 Å². The molecule has 2 aromatic rings. The van der Waals surface area contributed by atoms with Gasteiger partial charge in [0.2, 0.25) is 5.13 Å². The quantitative estimate of drug-likeness (QED) is 0.879. The van der Waals surface area contributed by atoms with Gasteiger partial charge in [-0.3, -0.25) is 0 Å². The van der Waals surface area contributed by atoms with E-state index in [2.05, 4.69) is 39.0 Å². The summed E-state index contributed by atoms with van der Waals surface area (Å²) in [6.45, 7) is 2.66. The van der Waals surface area contributed by atoms with Crippen LogP contribution >= 0.6 is 11.5 Å². The van der Waals surface area contributed by atoms with Gasteiger partial charge in [0.05, 0.1) is 0 Å². The second-order valence-electron chi connectivity index (χ2n) is 3.34. The number of nitrogens with one attached hydrogen (secondary N) is 1. The van der Waals surface area contributed by atoms with Gasteiger partial charge in [-0.25, -0.2) is 4.98 Å². The van der Waals surface area contributed by atoms with Crippen LogP contribution in [0.5, 0.6) is 0 Å². The van der Waals surface area contributed by atoms with Gasteiger partial charge in [-0.15, -0.1) is 0 Å². The molecule has 0 unspecified atom stereocenters. The third-order valence-corrected chi connectivity index (χ3v) is 2.77. The molecule has 0 atom stereocenters. The normalized spacial score (nSPS) is 10.8. The molecule has 0 saturated carbocycles. The summed E-state index contributed by atoms with van der Waals surface area (Å²) in [5.41, 5.74) is 1.21. The van der Waals surface area contributed by atoms with Crippen molar-refractivity contribution in [2.75, 3.05) is 11.9 Å². The first-order valence-electron chi connectivity index (χ1n) is 5.10. The number of aryl methyl sites for hydroxylation is 1. The maximum absolute atomic E-state index is 4.22. The third kappa shape index (κ3) is 3.17. The molecular formula is C12H13N3S. The Kier molecular flexibility index (Phi) is 3.66. The smallest absolute Gasteiger partial charge is 0.202 e. The van der Waals surface area contributed by atoms with Crippen LogP contribution in [-0.4, -0.2) is 15.9 Å². The zero-order valence-electron chi connectivity index (χ0n) is 9.05. The molecule has 0 fully saturated rings. The standard InChI is InChI=1S/C12H13N3S/c1-10-14-12(16-15-10)13-9-5-8-11-6-3-2-4-7-11/h2-8H,9H2,1H3,(H,13,14,15)/b8-5+. The number of benzene rings is 1. The van der Waals surface area contributed by atoms with Crippen molar-refractivity contribution >= 4 is 22.7 Å². The molecule has 0 saturated heterocycles. The fourth-order valence-corrected chi connectivity index (χ4v) is 1.85. The fraction of sp³-hybridized carbons (Fsp3) is 0.167. The second-order valence-corrected chi connectivity index (χ2v) is 4.09. The number of aromatic nitrogens is 2. The Morgan fingerprint density at radius 2 is 2.12 bits per heavy atom. The first-order valence-corrected chi connectivity index (χ1v) is 5.88. The summed E-state index contributed by atoms with van der Waals surface area (Å²) in [5, 5.41) is 4.06. The number of rotatable bonds is 4. The molecule has 1 aromatic heterocycles. The summed E-state index contributed by atoms with van der Waals surface area (Å²) in [6.07, 6.45) is 4.16. The average Bonchev–Trinajstić information content (AvgIpc) is 2.72. The van der Waals surface area contributed by atoms with Crippen LogP contribution in [0.25, 0.3) is 6.08 Å². The van der Waals surface area contributed by atoms with Gasteiger partial charge in [-0.2, -0.15) is 4.37 Å². The summed E-state index contributed by atoms with van der Waals surface area (Å²) >= 11 is 1.39. The van der Waals surface area contributed by atoms with Gasteiger partial charge in [0.1, 0.15) is 5.82 Å². The summed E-state index contributed by atoms with van der Waals surface area (Å²) < 4.78 is 4.10. The molecule has 1 aromatic carbocycles. The molecule has 1 heterocycles. The lowest BCUT2D eigenvalue weighted by molar-refractivity contribution is 1.15. The Balaban J connectivity index is 1.82. The summed E-state index contributed by atoms with van der Waals surface area (Å²) in [4.78, 5) is 4.22. The van der Waals surface area contributed by atoms with Crippen molar-refractivity contribution in [3.63, 3.8) is 0 Å². The highest BCUT2D eigenvalue weighted by Gasteiger charge is 1.95. The van der Waals surface area contributed by atoms with Crippen molar-refractivity contribution in [2.45, 2.75) is 6.92 Å². The molecule has 3 nitrogen and oxygen atoms in total. The van der Waals surface area contributed by atoms with Crippen LogP contribution in [0.2, 0.25) is 0 Å². The van der Waals surface area contributed by atoms with Gasteiger partial charge in [0.25, 0.3) is 0 Å². The van der Waals surface area contributed by atoms with Gasteiger partial charge in [0, 0.05) is 18.1 Å². The van der Waals surface area contributed by atoms with Crippen LogP contribution in [-0.2, 0) is 0 Å². The summed E-state index contributed by atoms with van der Waals surface area (Å²) in [5.74, 6) is 0.819. The lowest BCUT2D eigenvalue weighted by atomic mass is 10.2. The van der Waals surface area contributed by atoms with Gasteiger partial charge < -0.3 is 5.32 Å². The van der Waals surface area contributed by atoms with E-state index in [0.29, 0.717) is 0 Å². The molecule has 0 aliphatic carbocycles. The lowest BCUT2D eigenvalue weighted by Gasteiger charge is -1.95. The zero-order valence-corrected chi connectivity index (χ0v) is 9.87. The van der Waals surface area contributed by atoms with E-state index < -0.39 is 0 Å². The molecule has 0 bridgehead atoms. The highest BCUT2D eigenvalue weighted by atomic mass is 32.1. The van der Waals surface area contributed by atoms with Crippen LogP contribution in [0.4, 0.5) is 5.13 Å². The van der Waals surface area contributed by atoms with E-state index in [9.17, 15) is 0 Å². The minimum Gasteiger partial charge on any atom is -0.357 e. The predicted molar refractivity (Wildman–Crippen MR) is 68.6 cm³/mol. The Hall–Kier alpha value is -1.68. The molecule has 2 rings (SSSR count). The van der Waals surface area contributed by atoms with E-state index in [-0.39, 0.29) is 0 Å². The van der Waals surface area contributed by atoms with Crippen molar-refractivity contribution < 1.29 is 0 Å². The Morgan fingerprint density at radius 3 is 2.81 bits per heavy atom. The van der Waals surface area contributed by atoms with E-state index in [4.69, 9.17) is 0 Å². The fourth-order valence-electron chi connectivity index (χ4n) is 1.27. The second kappa shape index (κ2) is 5.42. The summed E-state index contributed by atoms with van der Waals surface area (Å²) in [7, 11) is 0. The molecular weight excluding hydrogens is 218 g/mol. The highest BCUT2D eigenvalue weighted by Crippen LogP contribution is 2.09. The monoisotopic (exact) mass is 231 g/mol. The van der Waals surface area contributed by atoms with Gasteiger partial charge in [-0.1, -0.05) is 42.5 Å². The molecule has 0 aliphatic heterocycles. The largest absolute Gasteiger partial charge is 0.357 e. The Bertz CT molecular complexity index is 462. The Labute approximate surface area is 99.0 Å². The van der Waals surface area contributed by atoms with Crippen LogP contribution in [0.1, 0.15) is 11.4 Å². The summed E-state index contributed by atoms with van der Waals surface area (Å²) in [6, 6.07) is 10.2. The molecule has 4 heteroatoms. The molecule has 0 aliphatic rings. The van der Waals surface area contributed by atoms with Gasteiger partial charge in [-0.05, 0) is 12.5 Å². The van der Waals surface area contributed by atoms with E-state index in [1.54, 1.807) is 0 Å². The topological polar surface area (TPSA) is 37.8 Å². The highest BCUT2D eigenvalue weighted by molar-refractivity contribution is 7.09. The molecule has 0 radical (unpaired) electrons. The molecule has 82 valence electrons. The van der Waals surface area contributed by atoms with Crippen molar-refractivity contribution in [1.82, 2.24) is 9.36 Å². The maximum atomic E-state index is 4.22. The van der Waals surface area contributed by atoms with E-state index in [1.165, 1.54) is 17.1 Å². The van der Waals surface area contributed by atoms with Crippen LogP contribution in [0.15, 0.2) is 36.4 Å². The third-order valence-electron chi connectivity index (χ3n) is 2.01. The Morgan fingerprint density at radius 1 is 1.31 bits per heavy atom. The molecule has 1 N–H and O–H groups in total. The van der Waals surface area contributed by atoms with Crippen molar-refractivity contribution in [1.29, 1.82) is 0 Å². The maximum Gasteiger partial charge on any atom is 0.202 e. The minimum atomic E-state index is 0.767. The first kappa shape index (κ1) is 10.8. The minimum absolute atomic E-state index is 0.767. The number of anilines is 1. The van der Waals surface area contributed by atoms with Crippen LogP contribution in [0.3, 0.4) is 0 Å². The van der Waals surface area contributed by atoms with Crippen molar-refractivity contribution in [3.05, 3.63) is 47.8 Å². The lowest BCUT2D eigenvalue weighted by Crippen LogP contribution is -1.97. The molecule has 16 heavy (non-hydrogen) atoms. The van der Waals surface area contributed by atoms with Crippen LogP contribution in [0, 0.1) is 6.92 Å².